The van der Waals surface area contributed by atoms with Crippen molar-refractivity contribution in [2.75, 3.05) is 5.32 Å². The van der Waals surface area contributed by atoms with E-state index in [-0.39, 0.29) is 18.6 Å². The Morgan fingerprint density at radius 2 is 2.24 bits per heavy atom. The maximum atomic E-state index is 12.3. The van der Waals surface area contributed by atoms with E-state index in [0.717, 1.165) is 12.8 Å². The number of aliphatic hydroxyl groups excluding tert-OH is 1. The van der Waals surface area contributed by atoms with Crippen LogP contribution in [0.4, 0.5) is 5.69 Å². The molecule has 1 aromatic heterocycles. The van der Waals surface area contributed by atoms with Gasteiger partial charge in [-0.25, -0.2) is 0 Å². The summed E-state index contributed by atoms with van der Waals surface area (Å²) >= 11 is 0. The van der Waals surface area contributed by atoms with Crippen LogP contribution < -0.4 is 5.32 Å². The van der Waals surface area contributed by atoms with Crippen LogP contribution in [0.25, 0.3) is 0 Å². The summed E-state index contributed by atoms with van der Waals surface area (Å²) in [6.45, 7) is 1.82. The normalized spacial score (nSPS) is 17.4. The zero-order valence-electron chi connectivity index (χ0n) is 12.5. The molecule has 0 radical (unpaired) electrons. The third-order valence-electron chi connectivity index (χ3n) is 3.91. The lowest BCUT2D eigenvalue weighted by Gasteiger charge is -2.26. The van der Waals surface area contributed by atoms with Crippen LogP contribution in [-0.4, -0.2) is 28.2 Å². The van der Waals surface area contributed by atoms with E-state index in [1.807, 2.05) is 6.92 Å². The molecule has 1 fully saturated rings. The summed E-state index contributed by atoms with van der Waals surface area (Å²) in [5.74, 6) is -0.161. The monoisotopic (exact) mass is 292 g/mol. The van der Waals surface area contributed by atoms with Crippen molar-refractivity contribution in [3.05, 3.63) is 24.0 Å². The van der Waals surface area contributed by atoms with Gasteiger partial charge < -0.3 is 15.2 Å². The van der Waals surface area contributed by atoms with Crippen molar-refractivity contribution in [1.29, 1.82) is 0 Å². The van der Waals surface area contributed by atoms with Gasteiger partial charge in [-0.1, -0.05) is 26.2 Å². The number of aliphatic hydroxyl groups is 1. The van der Waals surface area contributed by atoms with Crippen LogP contribution >= 0.6 is 0 Å². The number of hydrogen-bond acceptors (Lipinski definition) is 4. The van der Waals surface area contributed by atoms with Crippen molar-refractivity contribution < 1.29 is 14.6 Å². The second-order valence-corrected chi connectivity index (χ2v) is 5.47. The van der Waals surface area contributed by atoms with Crippen LogP contribution in [-0.2, 0) is 16.1 Å². The SMILES string of the molecule is CCC(OC1CCCCC1)C(=O)Nc1cnccc1CO. The zero-order valence-corrected chi connectivity index (χ0v) is 12.5. The molecule has 1 saturated carbocycles. The van der Waals surface area contributed by atoms with Crippen molar-refractivity contribution in [1.82, 2.24) is 4.98 Å². The van der Waals surface area contributed by atoms with Crippen LogP contribution in [0.5, 0.6) is 0 Å². The third kappa shape index (κ3) is 4.51. The van der Waals surface area contributed by atoms with Crippen LogP contribution in [0.2, 0.25) is 0 Å². The number of ether oxygens (including phenoxy) is 1. The number of aromatic nitrogens is 1. The second-order valence-electron chi connectivity index (χ2n) is 5.47. The molecule has 1 aliphatic carbocycles. The molecule has 2 N–H and O–H groups in total. The predicted octanol–water partition coefficient (Wildman–Crippen LogP) is 2.64. The highest BCUT2D eigenvalue weighted by atomic mass is 16.5. The summed E-state index contributed by atoms with van der Waals surface area (Å²) in [4.78, 5) is 16.3. The molecule has 1 amide bonds. The van der Waals surface area contributed by atoms with Gasteiger partial charge in [0, 0.05) is 11.8 Å². The minimum Gasteiger partial charge on any atom is -0.392 e. The van der Waals surface area contributed by atoms with Gasteiger partial charge >= 0.3 is 0 Å². The van der Waals surface area contributed by atoms with Crippen LogP contribution in [0, 0.1) is 0 Å². The molecular weight excluding hydrogens is 268 g/mol. The molecule has 0 aromatic carbocycles. The topological polar surface area (TPSA) is 71.5 Å². The minimum absolute atomic E-state index is 0.127. The fraction of sp³-hybridized carbons (Fsp3) is 0.625. The number of nitrogens with one attached hydrogen (secondary N) is 1. The van der Waals surface area contributed by atoms with Gasteiger partial charge in [-0.2, -0.15) is 0 Å². The number of pyridine rings is 1. The Kier molecular flexibility index (Phi) is 6.14. The van der Waals surface area contributed by atoms with Crippen molar-refractivity contribution in [3.8, 4) is 0 Å². The largest absolute Gasteiger partial charge is 0.392 e. The molecule has 1 heterocycles. The fourth-order valence-corrected chi connectivity index (χ4v) is 2.66. The molecule has 0 bridgehead atoms. The van der Waals surface area contributed by atoms with E-state index in [9.17, 15) is 9.90 Å². The molecule has 5 nitrogen and oxygen atoms in total. The summed E-state index contributed by atoms with van der Waals surface area (Å²) in [7, 11) is 0. The average Bonchev–Trinajstić information content (AvgIpc) is 2.54. The van der Waals surface area contributed by atoms with Crippen molar-refractivity contribution in [2.45, 2.75) is 64.3 Å². The first-order valence-electron chi connectivity index (χ1n) is 7.74. The van der Waals surface area contributed by atoms with Gasteiger partial charge in [-0.3, -0.25) is 9.78 Å². The molecule has 5 heteroatoms. The molecule has 1 aliphatic rings. The fourth-order valence-electron chi connectivity index (χ4n) is 2.66. The average molecular weight is 292 g/mol. The van der Waals surface area contributed by atoms with Gasteiger partial charge in [-0.15, -0.1) is 0 Å². The highest BCUT2D eigenvalue weighted by Gasteiger charge is 2.23. The van der Waals surface area contributed by atoms with E-state index in [0.29, 0.717) is 17.7 Å². The molecule has 1 unspecified atom stereocenters. The first kappa shape index (κ1) is 15.9. The third-order valence-corrected chi connectivity index (χ3v) is 3.91. The Morgan fingerprint density at radius 1 is 1.48 bits per heavy atom. The lowest BCUT2D eigenvalue weighted by Crippen LogP contribution is -2.34. The summed E-state index contributed by atoms with van der Waals surface area (Å²) < 4.78 is 5.95. The number of carbonyl (C=O) groups is 1. The summed E-state index contributed by atoms with van der Waals surface area (Å²) in [6.07, 6.45) is 9.24. The van der Waals surface area contributed by atoms with Gasteiger partial charge in [0.15, 0.2) is 0 Å². The van der Waals surface area contributed by atoms with Gasteiger partial charge in [0.2, 0.25) is 0 Å². The second kappa shape index (κ2) is 8.10. The van der Waals surface area contributed by atoms with Crippen LogP contribution in [0.15, 0.2) is 18.5 Å². The first-order valence-corrected chi connectivity index (χ1v) is 7.74. The quantitative estimate of drug-likeness (QED) is 0.845. The van der Waals surface area contributed by atoms with E-state index in [4.69, 9.17) is 4.74 Å². The van der Waals surface area contributed by atoms with Crippen molar-refractivity contribution in [2.24, 2.45) is 0 Å². The van der Waals surface area contributed by atoms with Crippen molar-refractivity contribution >= 4 is 11.6 Å². The van der Waals surface area contributed by atoms with E-state index in [1.165, 1.54) is 19.3 Å². The molecule has 116 valence electrons. The molecule has 0 spiro atoms. The molecule has 1 atom stereocenters. The Morgan fingerprint density at radius 3 is 2.90 bits per heavy atom. The number of carbonyl (C=O) groups excluding carboxylic acids is 1. The van der Waals surface area contributed by atoms with Crippen LogP contribution in [0.1, 0.15) is 51.0 Å². The summed E-state index contributed by atoms with van der Waals surface area (Å²) in [6, 6.07) is 1.69. The lowest BCUT2D eigenvalue weighted by atomic mass is 9.97. The molecule has 0 aliphatic heterocycles. The Labute approximate surface area is 125 Å². The van der Waals surface area contributed by atoms with E-state index < -0.39 is 6.10 Å². The molecule has 0 saturated heterocycles. The maximum absolute atomic E-state index is 12.3. The first-order chi connectivity index (χ1) is 10.2. The predicted molar refractivity (Wildman–Crippen MR) is 80.8 cm³/mol. The standard InChI is InChI=1S/C16H24N2O3/c1-2-15(21-13-6-4-3-5-7-13)16(20)18-14-10-17-9-8-12(14)11-19/h8-10,13,15,19H,2-7,11H2,1H3,(H,18,20). The highest BCUT2D eigenvalue weighted by Crippen LogP contribution is 2.23. The number of amides is 1. The zero-order chi connectivity index (χ0) is 15.1. The van der Waals surface area contributed by atoms with Gasteiger partial charge in [0.25, 0.3) is 5.91 Å². The Bertz CT molecular complexity index is 459. The maximum Gasteiger partial charge on any atom is 0.253 e. The number of anilines is 1. The number of rotatable bonds is 6. The van der Waals surface area contributed by atoms with E-state index in [2.05, 4.69) is 10.3 Å². The minimum atomic E-state index is -0.445. The van der Waals surface area contributed by atoms with Crippen molar-refractivity contribution in [3.63, 3.8) is 0 Å². The van der Waals surface area contributed by atoms with E-state index >= 15 is 0 Å². The highest BCUT2D eigenvalue weighted by molar-refractivity contribution is 5.94. The number of nitrogens with zero attached hydrogens (tertiary/aromatic N) is 1. The molecule has 21 heavy (non-hydrogen) atoms. The lowest BCUT2D eigenvalue weighted by molar-refractivity contribution is -0.132. The Balaban J connectivity index is 1.96. The van der Waals surface area contributed by atoms with Gasteiger partial charge in [-0.05, 0) is 25.3 Å². The van der Waals surface area contributed by atoms with E-state index in [1.54, 1.807) is 18.5 Å². The molecule has 2 rings (SSSR count). The van der Waals surface area contributed by atoms with Gasteiger partial charge in [0.05, 0.1) is 24.6 Å². The molecule has 1 aromatic rings. The smallest absolute Gasteiger partial charge is 0.253 e. The summed E-state index contributed by atoms with van der Waals surface area (Å²) in [5.41, 5.74) is 1.21. The Hall–Kier alpha value is -1.46. The van der Waals surface area contributed by atoms with Crippen LogP contribution in [0.3, 0.4) is 0 Å². The summed E-state index contributed by atoms with van der Waals surface area (Å²) in [5, 5.41) is 12.1. The molecular formula is C16H24N2O3. The van der Waals surface area contributed by atoms with Gasteiger partial charge in [0.1, 0.15) is 6.10 Å². The number of hydrogen-bond donors (Lipinski definition) is 2.